The van der Waals surface area contributed by atoms with Gasteiger partial charge in [-0.2, -0.15) is 0 Å². The van der Waals surface area contributed by atoms with Gasteiger partial charge in [0.2, 0.25) is 0 Å². The third kappa shape index (κ3) is 9.76. The normalized spacial score (nSPS) is 27.2. The van der Waals surface area contributed by atoms with E-state index in [-0.39, 0.29) is 46.3 Å². The maximum absolute atomic E-state index is 12.8. The Morgan fingerprint density at radius 1 is 0.738 bits per heavy atom. The second-order valence-electron chi connectivity index (χ2n) is 15.5. The molecule has 0 saturated carbocycles. The predicted molar refractivity (Wildman–Crippen MR) is 163 cm³/mol. The van der Waals surface area contributed by atoms with Crippen molar-refractivity contribution in [2.45, 2.75) is 147 Å². The van der Waals surface area contributed by atoms with E-state index in [0.29, 0.717) is 18.8 Å². The lowest BCUT2D eigenvalue weighted by Crippen LogP contribution is -2.60. The van der Waals surface area contributed by atoms with E-state index in [1.807, 2.05) is 24.3 Å². The molecule has 3 fully saturated rings. The largest absolute Gasteiger partial charge is 0.459 e. The van der Waals surface area contributed by atoms with E-state index in [4.69, 9.17) is 18.9 Å². The van der Waals surface area contributed by atoms with E-state index in [2.05, 4.69) is 66.0 Å². The van der Waals surface area contributed by atoms with Crippen LogP contribution in [0, 0.1) is 5.92 Å². The summed E-state index contributed by atoms with van der Waals surface area (Å²) in [7, 11) is 0. The molecule has 0 aliphatic carbocycles. The molecule has 0 unspecified atom stereocenters. The minimum atomic E-state index is -0.930. The summed E-state index contributed by atoms with van der Waals surface area (Å²) in [4.78, 5) is 25.5. The molecule has 236 valence electrons. The molecular formula is C34H54N2O6. The smallest absolute Gasteiger partial charge is 0.363 e. The molecule has 3 aliphatic rings. The summed E-state index contributed by atoms with van der Waals surface area (Å²) in [5.74, 6) is -0.390. The fraction of sp³-hybridized carbons (Fsp3) is 0.765. The Morgan fingerprint density at radius 3 is 1.71 bits per heavy atom. The van der Waals surface area contributed by atoms with E-state index >= 15 is 0 Å². The number of esters is 2. The zero-order valence-corrected chi connectivity index (χ0v) is 27.1. The summed E-state index contributed by atoms with van der Waals surface area (Å²) in [6.45, 7) is 18.2. The quantitative estimate of drug-likeness (QED) is 0.281. The van der Waals surface area contributed by atoms with Gasteiger partial charge in [0.15, 0.2) is 0 Å². The van der Waals surface area contributed by atoms with Crippen LogP contribution in [0.2, 0.25) is 0 Å². The number of benzene rings is 1. The molecule has 0 aromatic heterocycles. The van der Waals surface area contributed by atoms with E-state index in [1.54, 1.807) is 0 Å². The Bertz CT molecular complexity index is 1040. The number of rotatable bonds is 9. The van der Waals surface area contributed by atoms with Crippen molar-refractivity contribution in [1.29, 1.82) is 0 Å². The molecule has 0 spiro atoms. The van der Waals surface area contributed by atoms with Crippen LogP contribution in [0.25, 0.3) is 0 Å². The minimum absolute atomic E-state index is 0.0675. The zero-order valence-electron chi connectivity index (χ0n) is 27.1. The van der Waals surface area contributed by atoms with Crippen LogP contribution in [0.3, 0.4) is 0 Å². The van der Waals surface area contributed by atoms with Gasteiger partial charge < -0.3 is 29.6 Å². The molecular weight excluding hydrogens is 532 g/mol. The van der Waals surface area contributed by atoms with Crippen LogP contribution in [-0.4, -0.2) is 65.8 Å². The molecule has 42 heavy (non-hydrogen) atoms. The highest BCUT2D eigenvalue weighted by atomic mass is 16.7. The highest BCUT2D eigenvalue weighted by Crippen LogP contribution is 2.32. The highest BCUT2D eigenvalue weighted by Gasteiger charge is 2.41. The first-order chi connectivity index (χ1) is 19.5. The Kier molecular flexibility index (Phi) is 10.1. The maximum Gasteiger partial charge on any atom is 0.363 e. The van der Waals surface area contributed by atoms with Gasteiger partial charge in [-0.25, -0.2) is 9.59 Å². The van der Waals surface area contributed by atoms with Crippen LogP contribution in [0.1, 0.15) is 116 Å². The molecule has 3 aliphatic heterocycles. The van der Waals surface area contributed by atoms with E-state index < -0.39 is 12.3 Å². The molecule has 2 N–H and O–H groups in total. The summed E-state index contributed by atoms with van der Waals surface area (Å²) < 4.78 is 23.2. The third-order valence-electron chi connectivity index (χ3n) is 8.54. The molecule has 0 bridgehead atoms. The van der Waals surface area contributed by atoms with Gasteiger partial charge in [0, 0.05) is 53.8 Å². The number of nitrogens with one attached hydrogen (secondary N) is 2. The number of hydrogen-bond donors (Lipinski definition) is 2. The molecule has 8 nitrogen and oxygen atoms in total. The number of carbonyl (C=O) groups is 2. The molecule has 3 heterocycles. The lowest BCUT2D eigenvalue weighted by Gasteiger charge is -2.46. The van der Waals surface area contributed by atoms with Crippen molar-refractivity contribution < 1.29 is 28.5 Å². The summed E-state index contributed by atoms with van der Waals surface area (Å²) in [6.07, 6.45) is 5.95. The first kappa shape index (κ1) is 32.9. The van der Waals surface area contributed by atoms with Crippen molar-refractivity contribution >= 4 is 11.9 Å². The molecule has 8 heteroatoms. The standard InChI is InChI=1S/C34H54N2O6/c1-31(2)17-26(18-32(3,4)35-31)41-28(37)25-15-13-23(14-16-25)11-9-10-12-24-21-39-30(40-22-24)29(38)42-27-19-33(5,6)36-34(7,8)20-27/h13-16,24,26-27,30,35-36H,9-12,17-22H2,1-8H3. The summed E-state index contributed by atoms with van der Waals surface area (Å²) in [6, 6.07) is 7.81. The van der Waals surface area contributed by atoms with Crippen LogP contribution in [0.4, 0.5) is 0 Å². The monoisotopic (exact) mass is 586 g/mol. The van der Waals surface area contributed by atoms with Crippen LogP contribution < -0.4 is 10.6 Å². The van der Waals surface area contributed by atoms with E-state index in [1.165, 1.54) is 5.56 Å². The molecule has 0 radical (unpaired) electrons. The van der Waals surface area contributed by atoms with Crippen molar-refractivity contribution in [2.75, 3.05) is 13.2 Å². The molecule has 4 rings (SSSR count). The Morgan fingerprint density at radius 2 is 1.21 bits per heavy atom. The van der Waals surface area contributed by atoms with Crippen molar-refractivity contribution in [3.05, 3.63) is 35.4 Å². The number of unbranched alkanes of at least 4 members (excludes halogenated alkanes) is 1. The van der Waals surface area contributed by atoms with Crippen LogP contribution in [-0.2, 0) is 30.2 Å². The molecule has 3 saturated heterocycles. The fourth-order valence-corrected chi connectivity index (χ4v) is 7.48. The SMILES string of the molecule is CC1(C)CC(OC(=O)c2ccc(CCCCC3COC(C(=O)OC4CC(C)(C)NC(C)(C)C4)OC3)cc2)CC(C)(C)N1. The predicted octanol–water partition coefficient (Wildman–Crippen LogP) is 5.71. The number of aryl methyl sites for hydroxylation is 1. The summed E-state index contributed by atoms with van der Waals surface area (Å²) >= 11 is 0. The number of piperidine rings is 2. The first-order valence-electron chi connectivity index (χ1n) is 15.8. The zero-order chi connectivity index (χ0) is 30.8. The van der Waals surface area contributed by atoms with Gasteiger partial charge in [-0.1, -0.05) is 18.6 Å². The lowest BCUT2D eigenvalue weighted by atomic mass is 9.81. The van der Waals surface area contributed by atoms with Crippen LogP contribution >= 0.6 is 0 Å². The molecule has 1 aromatic rings. The van der Waals surface area contributed by atoms with Crippen LogP contribution in [0.5, 0.6) is 0 Å². The Hall–Kier alpha value is -2.00. The minimum Gasteiger partial charge on any atom is -0.459 e. The third-order valence-corrected chi connectivity index (χ3v) is 8.54. The molecule has 0 atom stereocenters. The Balaban J connectivity index is 1.12. The lowest BCUT2D eigenvalue weighted by molar-refractivity contribution is -0.227. The van der Waals surface area contributed by atoms with E-state index in [0.717, 1.165) is 51.4 Å². The average molecular weight is 587 g/mol. The number of ether oxygens (including phenoxy) is 4. The maximum atomic E-state index is 12.8. The van der Waals surface area contributed by atoms with Crippen molar-refractivity contribution in [2.24, 2.45) is 5.92 Å². The fourth-order valence-electron chi connectivity index (χ4n) is 7.48. The summed E-state index contributed by atoms with van der Waals surface area (Å²) in [5.41, 5.74) is 1.48. The van der Waals surface area contributed by atoms with Gasteiger partial charge in [-0.15, -0.1) is 0 Å². The number of carbonyl (C=O) groups excluding carboxylic acids is 2. The van der Waals surface area contributed by atoms with Gasteiger partial charge in [0.05, 0.1) is 18.8 Å². The van der Waals surface area contributed by atoms with Crippen molar-refractivity contribution in [1.82, 2.24) is 10.6 Å². The average Bonchev–Trinajstić information content (AvgIpc) is 2.83. The van der Waals surface area contributed by atoms with E-state index in [9.17, 15) is 9.59 Å². The van der Waals surface area contributed by atoms with Crippen molar-refractivity contribution in [3.63, 3.8) is 0 Å². The van der Waals surface area contributed by atoms with Gasteiger partial charge in [-0.05, 0) is 92.3 Å². The van der Waals surface area contributed by atoms with Gasteiger partial charge >= 0.3 is 11.9 Å². The second kappa shape index (κ2) is 12.9. The Labute approximate surface area is 253 Å². The second-order valence-corrected chi connectivity index (χ2v) is 15.5. The van der Waals surface area contributed by atoms with Gasteiger partial charge in [-0.3, -0.25) is 0 Å². The van der Waals surface area contributed by atoms with Crippen molar-refractivity contribution in [3.8, 4) is 0 Å². The van der Waals surface area contributed by atoms with Gasteiger partial charge in [0.1, 0.15) is 12.2 Å². The highest BCUT2D eigenvalue weighted by molar-refractivity contribution is 5.89. The topological polar surface area (TPSA) is 95.1 Å². The molecule has 1 aromatic carbocycles. The van der Waals surface area contributed by atoms with Gasteiger partial charge in [0.25, 0.3) is 6.29 Å². The number of hydrogen-bond acceptors (Lipinski definition) is 8. The molecule has 0 amide bonds. The van der Waals surface area contributed by atoms with Crippen LogP contribution in [0.15, 0.2) is 24.3 Å². The summed E-state index contributed by atoms with van der Waals surface area (Å²) in [5, 5.41) is 7.23. The first-order valence-corrected chi connectivity index (χ1v) is 15.8.